The van der Waals surface area contributed by atoms with Crippen molar-refractivity contribution in [3.8, 4) is 0 Å². The van der Waals surface area contributed by atoms with E-state index in [1.54, 1.807) is 20.0 Å². The number of nitrogens with one attached hydrogen (secondary N) is 2. The molecule has 0 saturated carbocycles. The zero-order valence-electron chi connectivity index (χ0n) is 8.62. The van der Waals surface area contributed by atoms with Crippen LogP contribution >= 0.6 is 11.6 Å². The summed E-state index contributed by atoms with van der Waals surface area (Å²) in [4.78, 5) is 0. The summed E-state index contributed by atoms with van der Waals surface area (Å²) in [5.74, 6) is 0.668. The molecule has 15 heavy (non-hydrogen) atoms. The van der Waals surface area contributed by atoms with Gasteiger partial charge in [-0.05, 0) is 12.8 Å². The summed E-state index contributed by atoms with van der Waals surface area (Å²) < 4.78 is 25.6. The smallest absolute Gasteiger partial charge is 0.234 e. The number of hydrogen-bond donors (Lipinski definition) is 2. The molecule has 1 rings (SSSR count). The highest BCUT2D eigenvalue weighted by Crippen LogP contribution is 2.12. The van der Waals surface area contributed by atoms with E-state index in [-0.39, 0.29) is 11.7 Å². The summed E-state index contributed by atoms with van der Waals surface area (Å²) in [5, 5.41) is 6.31. The van der Waals surface area contributed by atoms with Gasteiger partial charge in [0.25, 0.3) is 0 Å². The number of aromatic amines is 1. The van der Waals surface area contributed by atoms with Crippen molar-refractivity contribution in [2.45, 2.75) is 13.8 Å². The molecule has 5 nitrogen and oxygen atoms in total. The predicted molar refractivity (Wildman–Crippen MR) is 60.6 cm³/mol. The summed E-state index contributed by atoms with van der Waals surface area (Å²) in [6, 6.07) is 0. The van der Waals surface area contributed by atoms with Crippen LogP contribution in [0.4, 0.5) is 5.82 Å². The minimum Gasteiger partial charge on any atom is -0.267 e. The number of aromatic nitrogens is 2. The molecule has 1 aromatic heterocycles. The fourth-order valence-electron chi connectivity index (χ4n) is 1.07. The lowest BCUT2D eigenvalue weighted by atomic mass is 10.3. The first kappa shape index (κ1) is 12.3. The summed E-state index contributed by atoms with van der Waals surface area (Å²) in [5.41, 5.74) is 0.761. The van der Waals surface area contributed by atoms with Gasteiger partial charge in [-0.2, -0.15) is 5.10 Å². The van der Waals surface area contributed by atoms with Crippen LogP contribution < -0.4 is 4.72 Å². The molecule has 0 aliphatic heterocycles. The molecule has 0 radical (unpaired) electrons. The third kappa shape index (κ3) is 3.71. The molecule has 0 amide bonds. The lowest BCUT2D eigenvalue weighted by Gasteiger charge is -2.10. The molecule has 86 valence electrons. The Bertz CT molecular complexity index is 415. The Morgan fingerprint density at radius 3 is 2.80 bits per heavy atom. The maximum Gasteiger partial charge on any atom is 0.234 e. The molecule has 0 fully saturated rings. The number of sulfonamides is 1. The third-order valence-electron chi connectivity index (χ3n) is 1.85. The van der Waals surface area contributed by atoms with Gasteiger partial charge in [-0.15, -0.1) is 11.6 Å². The number of nitrogens with zero attached hydrogens (tertiary/aromatic N) is 1. The Morgan fingerprint density at radius 2 is 2.33 bits per heavy atom. The van der Waals surface area contributed by atoms with Crippen LogP contribution in [0.25, 0.3) is 0 Å². The molecule has 0 spiro atoms. The maximum absolute atomic E-state index is 11.6. The molecule has 0 aliphatic rings. The second-order valence-electron chi connectivity index (χ2n) is 3.57. The largest absolute Gasteiger partial charge is 0.267 e. The normalized spacial score (nSPS) is 13.8. The Kier molecular flexibility index (Phi) is 3.98. The molecule has 1 heterocycles. The molecule has 1 unspecified atom stereocenters. The number of hydrogen-bond acceptors (Lipinski definition) is 3. The summed E-state index contributed by atoms with van der Waals surface area (Å²) >= 11 is 5.56. The fraction of sp³-hybridized carbons (Fsp3) is 0.625. The van der Waals surface area contributed by atoms with Crippen LogP contribution in [-0.4, -0.2) is 30.2 Å². The quantitative estimate of drug-likeness (QED) is 0.776. The van der Waals surface area contributed by atoms with Gasteiger partial charge < -0.3 is 0 Å². The average Bonchev–Trinajstić information content (AvgIpc) is 2.50. The van der Waals surface area contributed by atoms with Crippen LogP contribution in [0.15, 0.2) is 6.20 Å². The molecule has 0 bridgehead atoms. The highest BCUT2D eigenvalue weighted by molar-refractivity contribution is 7.92. The van der Waals surface area contributed by atoms with E-state index in [1.165, 1.54) is 0 Å². The number of anilines is 1. The van der Waals surface area contributed by atoms with Gasteiger partial charge in [0.15, 0.2) is 0 Å². The van der Waals surface area contributed by atoms with Crippen molar-refractivity contribution in [1.82, 2.24) is 10.2 Å². The molecule has 7 heteroatoms. The molecule has 1 aromatic rings. The van der Waals surface area contributed by atoms with Crippen molar-refractivity contribution in [2.24, 2.45) is 5.92 Å². The van der Waals surface area contributed by atoms with Gasteiger partial charge in [-0.3, -0.25) is 9.82 Å². The minimum atomic E-state index is -3.34. The van der Waals surface area contributed by atoms with Crippen molar-refractivity contribution in [1.29, 1.82) is 0 Å². The lowest BCUT2D eigenvalue weighted by molar-refractivity contribution is 0.588. The van der Waals surface area contributed by atoms with Gasteiger partial charge in [0.2, 0.25) is 10.0 Å². The van der Waals surface area contributed by atoms with Gasteiger partial charge in [-0.25, -0.2) is 8.42 Å². The number of aryl methyl sites for hydroxylation is 1. The first-order chi connectivity index (χ1) is 6.94. The van der Waals surface area contributed by atoms with E-state index in [2.05, 4.69) is 14.9 Å². The van der Waals surface area contributed by atoms with E-state index in [4.69, 9.17) is 11.6 Å². The zero-order valence-corrected chi connectivity index (χ0v) is 10.2. The zero-order chi connectivity index (χ0) is 11.5. The molecule has 0 aliphatic carbocycles. The van der Waals surface area contributed by atoms with E-state index in [9.17, 15) is 8.42 Å². The Hall–Kier alpha value is -0.750. The predicted octanol–water partition coefficient (Wildman–Crippen LogP) is 1.33. The Morgan fingerprint density at radius 1 is 1.67 bits per heavy atom. The van der Waals surface area contributed by atoms with Crippen LogP contribution in [0.5, 0.6) is 0 Å². The van der Waals surface area contributed by atoms with Crippen LogP contribution in [0.1, 0.15) is 12.5 Å². The third-order valence-corrected chi connectivity index (χ3v) is 3.90. The molecule has 0 saturated heterocycles. The maximum atomic E-state index is 11.6. The van der Waals surface area contributed by atoms with Gasteiger partial charge in [-0.1, -0.05) is 6.92 Å². The van der Waals surface area contributed by atoms with E-state index >= 15 is 0 Å². The fourth-order valence-corrected chi connectivity index (χ4v) is 2.77. The number of H-pyrrole nitrogens is 1. The first-order valence-electron chi connectivity index (χ1n) is 4.51. The molecule has 2 N–H and O–H groups in total. The minimum absolute atomic E-state index is 0.00889. The van der Waals surface area contributed by atoms with Crippen molar-refractivity contribution in [2.75, 3.05) is 16.4 Å². The van der Waals surface area contributed by atoms with Crippen LogP contribution in [0.3, 0.4) is 0 Å². The topological polar surface area (TPSA) is 74.8 Å². The van der Waals surface area contributed by atoms with Crippen LogP contribution in [0, 0.1) is 12.8 Å². The number of rotatable bonds is 5. The van der Waals surface area contributed by atoms with Crippen molar-refractivity contribution < 1.29 is 8.42 Å². The monoisotopic (exact) mass is 251 g/mol. The van der Waals surface area contributed by atoms with Gasteiger partial charge in [0.1, 0.15) is 5.82 Å². The van der Waals surface area contributed by atoms with Crippen molar-refractivity contribution in [3.63, 3.8) is 0 Å². The lowest BCUT2D eigenvalue weighted by Crippen LogP contribution is -2.22. The summed E-state index contributed by atoms with van der Waals surface area (Å²) in [6.07, 6.45) is 1.56. The molecule has 0 aromatic carbocycles. The Balaban J connectivity index is 2.69. The molecular formula is C8H14ClN3O2S. The highest BCUT2D eigenvalue weighted by atomic mass is 35.5. The average molecular weight is 252 g/mol. The second kappa shape index (κ2) is 4.85. The summed E-state index contributed by atoms with van der Waals surface area (Å²) in [6.45, 7) is 3.55. The van der Waals surface area contributed by atoms with Crippen LogP contribution in [-0.2, 0) is 10.0 Å². The number of alkyl halides is 1. The van der Waals surface area contributed by atoms with Crippen LogP contribution in [0.2, 0.25) is 0 Å². The highest BCUT2D eigenvalue weighted by Gasteiger charge is 2.16. The van der Waals surface area contributed by atoms with Gasteiger partial charge >= 0.3 is 0 Å². The summed E-state index contributed by atoms with van der Waals surface area (Å²) in [7, 11) is -3.34. The number of halogens is 1. The second-order valence-corrected chi connectivity index (χ2v) is 5.65. The first-order valence-corrected chi connectivity index (χ1v) is 6.69. The van der Waals surface area contributed by atoms with Crippen molar-refractivity contribution in [3.05, 3.63) is 11.8 Å². The van der Waals surface area contributed by atoms with E-state index < -0.39 is 10.0 Å². The molecular weight excluding hydrogens is 238 g/mol. The van der Waals surface area contributed by atoms with E-state index in [0.717, 1.165) is 5.56 Å². The van der Waals surface area contributed by atoms with E-state index in [0.29, 0.717) is 11.7 Å². The Labute approximate surface area is 94.3 Å². The van der Waals surface area contributed by atoms with Crippen molar-refractivity contribution >= 4 is 27.4 Å². The standard InChI is InChI=1S/C8H14ClN3O2S/c1-6(3-9)5-15(13,14)12-8-7(2)4-10-11-8/h4,6H,3,5H2,1-2H3,(H2,10,11,12). The molecule has 1 atom stereocenters. The SMILES string of the molecule is Cc1cn[nH]c1NS(=O)(=O)CC(C)CCl. The van der Waals surface area contributed by atoms with Gasteiger partial charge in [0.05, 0.1) is 11.9 Å². The van der Waals surface area contributed by atoms with E-state index in [1.807, 2.05) is 0 Å². The van der Waals surface area contributed by atoms with Gasteiger partial charge in [0, 0.05) is 11.4 Å².